The summed E-state index contributed by atoms with van der Waals surface area (Å²) in [7, 11) is 0. The summed E-state index contributed by atoms with van der Waals surface area (Å²) in [4.78, 5) is 4.46. The highest BCUT2D eigenvalue weighted by Gasteiger charge is 2.24. The Morgan fingerprint density at radius 2 is 2.14 bits per heavy atom. The lowest BCUT2D eigenvalue weighted by molar-refractivity contribution is 0.640. The van der Waals surface area contributed by atoms with Crippen LogP contribution in [0.15, 0.2) is 6.20 Å². The molecule has 5 heteroatoms. The van der Waals surface area contributed by atoms with Gasteiger partial charge in [0.1, 0.15) is 17.5 Å². The fourth-order valence-corrected chi connectivity index (χ4v) is 3.18. The number of anilines is 1. The maximum absolute atomic E-state index is 9.52. The molecular weight excluding hydrogens is 262 g/mol. The minimum atomic E-state index is 0.344. The Morgan fingerprint density at radius 1 is 1.38 bits per heavy atom. The topological polar surface area (TPSA) is 80.5 Å². The Balaban J connectivity index is 2.32. The van der Waals surface area contributed by atoms with Gasteiger partial charge in [0.05, 0.1) is 6.20 Å². The number of nitriles is 1. The second-order valence-electron chi connectivity index (χ2n) is 5.45. The van der Waals surface area contributed by atoms with Crippen molar-refractivity contribution in [3.8, 4) is 17.2 Å². The molecule has 0 bridgehead atoms. The number of nitrogens with two attached hydrogens (primary N) is 1. The van der Waals surface area contributed by atoms with Crippen LogP contribution in [-0.2, 0) is 19.4 Å². The zero-order valence-corrected chi connectivity index (χ0v) is 12.5. The fraction of sp³-hybridized carbons (Fsp3) is 0.438. The van der Waals surface area contributed by atoms with Gasteiger partial charge in [-0.15, -0.1) is 0 Å². The van der Waals surface area contributed by atoms with Crippen molar-refractivity contribution >= 4 is 5.82 Å². The van der Waals surface area contributed by atoms with E-state index in [9.17, 15) is 5.26 Å². The van der Waals surface area contributed by atoms with E-state index in [1.807, 2.05) is 17.8 Å². The lowest BCUT2D eigenvalue weighted by Crippen LogP contribution is -2.12. The molecule has 1 aliphatic carbocycles. The summed E-state index contributed by atoms with van der Waals surface area (Å²) in [5.41, 5.74) is 11.8. The third-order valence-corrected chi connectivity index (χ3v) is 4.29. The molecule has 21 heavy (non-hydrogen) atoms. The summed E-state index contributed by atoms with van der Waals surface area (Å²) in [6.45, 7) is 4.92. The van der Waals surface area contributed by atoms with E-state index in [2.05, 4.69) is 23.1 Å². The van der Waals surface area contributed by atoms with E-state index < -0.39 is 0 Å². The highest BCUT2D eigenvalue weighted by Crippen LogP contribution is 2.37. The predicted molar refractivity (Wildman–Crippen MR) is 81.6 cm³/mol. The second kappa shape index (κ2) is 5.21. The van der Waals surface area contributed by atoms with Crippen molar-refractivity contribution in [2.24, 2.45) is 0 Å². The number of fused-ring (bicyclic) bond motifs is 1. The first kappa shape index (κ1) is 13.6. The normalized spacial score (nSPS) is 13.8. The van der Waals surface area contributed by atoms with Gasteiger partial charge >= 0.3 is 0 Å². The Bertz CT molecular complexity index is 736. The number of hydrogen-bond acceptors (Lipinski definition) is 4. The van der Waals surface area contributed by atoms with Gasteiger partial charge in [-0.3, -0.25) is 4.68 Å². The quantitative estimate of drug-likeness (QED) is 0.917. The molecular formula is C16H19N5. The third-order valence-electron chi connectivity index (χ3n) is 4.29. The Labute approximate surface area is 124 Å². The molecule has 0 aromatic carbocycles. The van der Waals surface area contributed by atoms with Crippen LogP contribution in [0.4, 0.5) is 5.82 Å². The molecule has 0 spiro atoms. The molecule has 2 aromatic heterocycles. The van der Waals surface area contributed by atoms with Crippen LogP contribution in [0.5, 0.6) is 0 Å². The Morgan fingerprint density at radius 3 is 2.81 bits per heavy atom. The lowest BCUT2D eigenvalue weighted by Gasteiger charge is -2.20. The molecule has 0 fully saturated rings. The molecule has 0 atom stereocenters. The van der Waals surface area contributed by atoms with Crippen molar-refractivity contribution in [1.82, 2.24) is 14.8 Å². The van der Waals surface area contributed by atoms with Gasteiger partial charge in [-0.25, -0.2) is 4.98 Å². The van der Waals surface area contributed by atoms with Crippen molar-refractivity contribution in [2.45, 2.75) is 46.1 Å². The van der Waals surface area contributed by atoms with Crippen molar-refractivity contribution in [2.75, 3.05) is 5.73 Å². The number of rotatable bonds is 2. The van der Waals surface area contributed by atoms with Crippen molar-refractivity contribution in [3.63, 3.8) is 0 Å². The molecule has 0 radical (unpaired) electrons. The molecule has 1 aliphatic rings. The van der Waals surface area contributed by atoms with E-state index in [0.29, 0.717) is 11.4 Å². The van der Waals surface area contributed by atoms with Gasteiger partial charge in [0.25, 0.3) is 0 Å². The molecule has 2 heterocycles. The molecule has 2 aromatic rings. The van der Waals surface area contributed by atoms with E-state index in [1.165, 1.54) is 5.56 Å². The van der Waals surface area contributed by atoms with Crippen molar-refractivity contribution < 1.29 is 0 Å². The van der Waals surface area contributed by atoms with Crippen LogP contribution in [0.2, 0.25) is 0 Å². The van der Waals surface area contributed by atoms with Crippen LogP contribution in [0, 0.1) is 18.3 Å². The molecule has 108 valence electrons. The van der Waals surface area contributed by atoms with Gasteiger partial charge in [0, 0.05) is 29.1 Å². The highest BCUT2D eigenvalue weighted by molar-refractivity contribution is 5.80. The fourth-order valence-electron chi connectivity index (χ4n) is 3.18. The van der Waals surface area contributed by atoms with E-state index in [4.69, 9.17) is 5.73 Å². The van der Waals surface area contributed by atoms with Crippen LogP contribution >= 0.6 is 0 Å². The van der Waals surface area contributed by atoms with E-state index in [-0.39, 0.29) is 0 Å². The minimum absolute atomic E-state index is 0.344. The first-order valence-electron chi connectivity index (χ1n) is 7.41. The van der Waals surface area contributed by atoms with Gasteiger partial charge < -0.3 is 5.73 Å². The molecule has 0 saturated carbocycles. The average molecular weight is 281 g/mol. The van der Waals surface area contributed by atoms with Gasteiger partial charge in [-0.2, -0.15) is 10.4 Å². The Hall–Kier alpha value is -2.35. The smallest absolute Gasteiger partial charge is 0.142 e. The number of aromatic nitrogens is 3. The number of nitrogens with zero attached hydrogens (tertiary/aromatic N) is 4. The summed E-state index contributed by atoms with van der Waals surface area (Å²) < 4.78 is 1.95. The molecule has 3 rings (SSSR count). The first-order valence-corrected chi connectivity index (χ1v) is 7.41. The van der Waals surface area contributed by atoms with Crippen LogP contribution in [-0.4, -0.2) is 14.8 Å². The second-order valence-corrected chi connectivity index (χ2v) is 5.45. The highest BCUT2D eigenvalue weighted by atomic mass is 15.3. The number of hydrogen-bond donors (Lipinski definition) is 1. The first-order chi connectivity index (χ1) is 10.2. The van der Waals surface area contributed by atoms with Crippen LogP contribution in [0.3, 0.4) is 0 Å². The molecule has 2 N–H and O–H groups in total. The molecule has 0 amide bonds. The van der Waals surface area contributed by atoms with Crippen LogP contribution in [0.1, 0.15) is 42.3 Å². The largest absolute Gasteiger partial charge is 0.383 e. The summed E-state index contributed by atoms with van der Waals surface area (Å²) >= 11 is 0. The van der Waals surface area contributed by atoms with E-state index in [1.54, 1.807) is 0 Å². The number of nitrogen functional groups attached to an aromatic ring is 1. The molecule has 5 nitrogen and oxygen atoms in total. The summed E-state index contributed by atoms with van der Waals surface area (Å²) in [5.74, 6) is 0.344. The van der Waals surface area contributed by atoms with Gasteiger partial charge in [0.2, 0.25) is 0 Å². The summed E-state index contributed by atoms with van der Waals surface area (Å²) in [5, 5.41) is 13.9. The van der Waals surface area contributed by atoms with Crippen molar-refractivity contribution in [3.05, 3.63) is 28.7 Å². The standard InChI is InChI=1S/C16H19N5/c1-3-21-10(2)13(9-19-21)15-11-6-4-5-7-14(11)20-16(18)12(15)8-17/h9H,3-7H2,1-2H3,(H2,18,20). The minimum Gasteiger partial charge on any atom is -0.383 e. The molecule has 0 aliphatic heterocycles. The monoisotopic (exact) mass is 281 g/mol. The SMILES string of the molecule is CCn1ncc(-c2c(C#N)c(N)nc3c2CCCC3)c1C. The van der Waals surface area contributed by atoms with Crippen LogP contribution < -0.4 is 5.73 Å². The lowest BCUT2D eigenvalue weighted by atomic mass is 9.87. The Kier molecular flexibility index (Phi) is 3.38. The predicted octanol–water partition coefficient (Wildman–Crippen LogP) is 2.61. The number of pyridine rings is 1. The summed E-state index contributed by atoms with van der Waals surface area (Å²) in [6.07, 6.45) is 6.03. The van der Waals surface area contributed by atoms with Gasteiger partial charge in [-0.1, -0.05) is 0 Å². The van der Waals surface area contributed by atoms with Crippen LogP contribution in [0.25, 0.3) is 11.1 Å². The average Bonchev–Trinajstić information content (AvgIpc) is 2.86. The maximum Gasteiger partial charge on any atom is 0.142 e. The van der Waals surface area contributed by atoms with Gasteiger partial charge in [0.15, 0.2) is 0 Å². The molecule has 0 saturated heterocycles. The number of aryl methyl sites for hydroxylation is 2. The maximum atomic E-state index is 9.52. The zero-order chi connectivity index (χ0) is 15.0. The van der Waals surface area contributed by atoms with E-state index in [0.717, 1.165) is 54.7 Å². The summed E-state index contributed by atoms with van der Waals surface area (Å²) in [6, 6.07) is 2.24. The molecule has 0 unspecified atom stereocenters. The third kappa shape index (κ3) is 2.07. The van der Waals surface area contributed by atoms with Gasteiger partial charge in [-0.05, 0) is 45.1 Å². The van der Waals surface area contributed by atoms with Crippen molar-refractivity contribution in [1.29, 1.82) is 5.26 Å². The zero-order valence-electron chi connectivity index (χ0n) is 12.5. The van der Waals surface area contributed by atoms with E-state index >= 15 is 0 Å².